The van der Waals surface area contributed by atoms with Gasteiger partial charge in [-0.3, -0.25) is 20.2 Å². The van der Waals surface area contributed by atoms with E-state index in [4.69, 9.17) is 4.42 Å². The Balaban J connectivity index is 1.78. The second-order valence-corrected chi connectivity index (χ2v) is 5.70. The van der Waals surface area contributed by atoms with Crippen LogP contribution in [0.25, 0.3) is 11.3 Å². The summed E-state index contributed by atoms with van der Waals surface area (Å²) in [4.78, 5) is 25.9. The average molecular weight is 329 g/mol. The van der Waals surface area contributed by atoms with Crippen LogP contribution in [0.1, 0.15) is 16.1 Å². The van der Waals surface area contributed by atoms with E-state index in [0.29, 0.717) is 5.76 Å². The number of carbonyl (C=O) groups is 1. The summed E-state index contributed by atoms with van der Waals surface area (Å²) in [6.45, 7) is 1.95. The molecule has 2 heterocycles. The number of aryl methyl sites for hydroxylation is 1. The number of benzene rings is 1. The molecule has 7 nitrogen and oxygen atoms in total. The summed E-state index contributed by atoms with van der Waals surface area (Å²) < 4.78 is 5.57. The Hall–Kier alpha value is -3.00. The zero-order valence-electron chi connectivity index (χ0n) is 12.0. The molecule has 0 aliphatic heterocycles. The number of rotatable bonds is 4. The largest absolute Gasteiger partial charge is 0.451 e. The van der Waals surface area contributed by atoms with Crippen molar-refractivity contribution in [1.29, 1.82) is 0 Å². The van der Waals surface area contributed by atoms with E-state index in [1.54, 1.807) is 12.1 Å². The smallest absolute Gasteiger partial charge is 0.345 e. The molecule has 1 amide bonds. The zero-order valence-corrected chi connectivity index (χ0v) is 12.8. The zero-order chi connectivity index (χ0) is 16.4. The van der Waals surface area contributed by atoms with Gasteiger partial charge >= 0.3 is 5.00 Å². The molecule has 3 rings (SSSR count). The molecule has 116 valence electrons. The molecule has 3 aromatic rings. The molecule has 23 heavy (non-hydrogen) atoms. The van der Waals surface area contributed by atoms with Gasteiger partial charge in [0.05, 0.1) is 4.92 Å². The molecule has 0 atom stereocenters. The number of carbonyl (C=O) groups excluding carboxylic acids is 1. The Kier molecular flexibility index (Phi) is 3.90. The van der Waals surface area contributed by atoms with Crippen molar-refractivity contribution in [2.75, 3.05) is 5.32 Å². The molecule has 0 aliphatic rings. The third-order valence-corrected chi connectivity index (χ3v) is 4.00. The topological polar surface area (TPSA) is 98.3 Å². The van der Waals surface area contributed by atoms with E-state index in [9.17, 15) is 14.9 Å². The van der Waals surface area contributed by atoms with Crippen LogP contribution in [0, 0.1) is 17.0 Å². The Morgan fingerprint density at radius 2 is 2.09 bits per heavy atom. The van der Waals surface area contributed by atoms with Crippen LogP contribution in [0.15, 0.2) is 47.0 Å². The maximum absolute atomic E-state index is 12.1. The van der Waals surface area contributed by atoms with E-state index < -0.39 is 10.8 Å². The SMILES string of the molecule is Cc1ccccc1-c1ccc(C(=O)Nc2ncc([N+](=O)[O-])s2)o1. The molecule has 8 heteroatoms. The van der Waals surface area contributed by atoms with E-state index in [1.165, 1.54) is 0 Å². The monoisotopic (exact) mass is 329 g/mol. The summed E-state index contributed by atoms with van der Waals surface area (Å²) in [6.07, 6.45) is 1.10. The Morgan fingerprint density at radius 1 is 1.30 bits per heavy atom. The van der Waals surface area contributed by atoms with Gasteiger partial charge in [0.2, 0.25) is 0 Å². The molecule has 0 saturated heterocycles. The third kappa shape index (κ3) is 3.11. The third-order valence-electron chi connectivity index (χ3n) is 3.13. The van der Waals surface area contributed by atoms with E-state index in [-0.39, 0.29) is 15.9 Å². The minimum Gasteiger partial charge on any atom is -0.451 e. The molecule has 0 fully saturated rings. The molecular weight excluding hydrogens is 318 g/mol. The number of nitrogens with zero attached hydrogens (tertiary/aromatic N) is 2. The summed E-state index contributed by atoms with van der Waals surface area (Å²) in [5.74, 6) is 0.188. The standard InChI is InChI=1S/C15H11N3O4S/c1-9-4-2-3-5-10(9)11-6-7-12(22-11)14(19)17-15-16-8-13(23-15)18(20)21/h2-8H,1H3,(H,16,17,19). The Labute approximate surface area is 134 Å². The van der Waals surface area contributed by atoms with Crippen molar-refractivity contribution in [2.24, 2.45) is 0 Å². The number of amides is 1. The van der Waals surface area contributed by atoms with Crippen molar-refractivity contribution in [1.82, 2.24) is 4.98 Å². The van der Waals surface area contributed by atoms with Crippen molar-refractivity contribution in [3.63, 3.8) is 0 Å². The summed E-state index contributed by atoms with van der Waals surface area (Å²) in [5.41, 5.74) is 1.93. The summed E-state index contributed by atoms with van der Waals surface area (Å²) in [5, 5.41) is 13.1. The molecule has 0 radical (unpaired) electrons. The number of anilines is 1. The van der Waals surface area contributed by atoms with Gasteiger partial charge in [0.1, 0.15) is 12.0 Å². The molecule has 2 aromatic heterocycles. The minimum atomic E-state index is -0.559. The quantitative estimate of drug-likeness (QED) is 0.578. The Morgan fingerprint density at radius 3 is 2.78 bits per heavy atom. The highest BCUT2D eigenvalue weighted by molar-refractivity contribution is 7.18. The highest BCUT2D eigenvalue weighted by Gasteiger charge is 2.17. The van der Waals surface area contributed by atoms with Crippen molar-refractivity contribution in [3.05, 3.63) is 64.0 Å². The van der Waals surface area contributed by atoms with Crippen LogP contribution in [-0.4, -0.2) is 15.8 Å². The molecule has 0 saturated carbocycles. The number of hydrogen-bond acceptors (Lipinski definition) is 6. The maximum atomic E-state index is 12.1. The van der Waals surface area contributed by atoms with Crippen LogP contribution in [0.2, 0.25) is 0 Å². The fourth-order valence-electron chi connectivity index (χ4n) is 2.02. The van der Waals surface area contributed by atoms with Gasteiger partial charge in [-0.15, -0.1) is 0 Å². The lowest BCUT2D eigenvalue weighted by Gasteiger charge is -2.01. The number of furan rings is 1. The van der Waals surface area contributed by atoms with E-state index in [2.05, 4.69) is 10.3 Å². The molecular formula is C15H11N3O4S. The summed E-state index contributed by atoms with van der Waals surface area (Å²) in [7, 11) is 0. The van der Waals surface area contributed by atoms with Gasteiger partial charge in [-0.25, -0.2) is 4.98 Å². The molecule has 0 aliphatic carbocycles. The first-order valence-electron chi connectivity index (χ1n) is 6.62. The average Bonchev–Trinajstić information content (AvgIpc) is 3.16. The maximum Gasteiger partial charge on any atom is 0.345 e. The molecule has 0 unspecified atom stereocenters. The number of hydrogen-bond donors (Lipinski definition) is 1. The summed E-state index contributed by atoms with van der Waals surface area (Å²) in [6, 6.07) is 10.9. The van der Waals surface area contributed by atoms with Gasteiger partial charge in [0.15, 0.2) is 10.9 Å². The van der Waals surface area contributed by atoms with Gasteiger partial charge in [0, 0.05) is 5.56 Å². The highest BCUT2D eigenvalue weighted by atomic mass is 32.1. The van der Waals surface area contributed by atoms with Crippen LogP contribution >= 0.6 is 11.3 Å². The summed E-state index contributed by atoms with van der Waals surface area (Å²) >= 11 is 0.786. The second kappa shape index (κ2) is 6.01. The van der Waals surface area contributed by atoms with E-state index in [1.807, 2.05) is 31.2 Å². The van der Waals surface area contributed by atoms with Crippen molar-refractivity contribution in [2.45, 2.75) is 6.92 Å². The normalized spacial score (nSPS) is 10.5. The van der Waals surface area contributed by atoms with Crippen molar-refractivity contribution in [3.8, 4) is 11.3 Å². The van der Waals surface area contributed by atoms with Crippen molar-refractivity contribution < 1.29 is 14.1 Å². The number of aromatic nitrogens is 1. The Bertz CT molecular complexity index is 884. The van der Waals surface area contributed by atoms with Gasteiger partial charge in [0.25, 0.3) is 5.91 Å². The van der Waals surface area contributed by atoms with Crippen LogP contribution in [-0.2, 0) is 0 Å². The minimum absolute atomic E-state index is 0.112. The number of thiazole rings is 1. The fourth-order valence-corrected chi connectivity index (χ4v) is 2.65. The molecule has 1 aromatic carbocycles. The predicted octanol–water partition coefficient (Wildman–Crippen LogP) is 3.87. The van der Waals surface area contributed by atoms with Crippen LogP contribution in [0.5, 0.6) is 0 Å². The van der Waals surface area contributed by atoms with E-state index in [0.717, 1.165) is 28.7 Å². The lowest BCUT2D eigenvalue weighted by molar-refractivity contribution is -0.380. The molecule has 1 N–H and O–H groups in total. The van der Waals surface area contributed by atoms with Crippen LogP contribution < -0.4 is 5.32 Å². The first-order valence-corrected chi connectivity index (χ1v) is 7.43. The van der Waals surface area contributed by atoms with Gasteiger partial charge in [-0.05, 0) is 36.0 Å². The highest BCUT2D eigenvalue weighted by Crippen LogP contribution is 2.27. The van der Waals surface area contributed by atoms with Crippen LogP contribution in [0.4, 0.5) is 10.1 Å². The van der Waals surface area contributed by atoms with Gasteiger partial charge in [-0.2, -0.15) is 0 Å². The molecule has 0 spiro atoms. The van der Waals surface area contributed by atoms with Gasteiger partial charge < -0.3 is 4.42 Å². The number of nitrogens with one attached hydrogen (secondary N) is 1. The van der Waals surface area contributed by atoms with E-state index >= 15 is 0 Å². The van der Waals surface area contributed by atoms with Gasteiger partial charge in [-0.1, -0.05) is 24.3 Å². The molecule has 0 bridgehead atoms. The predicted molar refractivity (Wildman–Crippen MR) is 85.6 cm³/mol. The number of nitro groups is 1. The van der Waals surface area contributed by atoms with Crippen molar-refractivity contribution >= 4 is 27.4 Å². The van der Waals surface area contributed by atoms with Crippen LogP contribution in [0.3, 0.4) is 0 Å². The second-order valence-electron chi connectivity index (χ2n) is 4.69. The lowest BCUT2D eigenvalue weighted by Crippen LogP contribution is -2.10. The fraction of sp³-hybridized carbons (Fsp3) is 0.0667. The first-order chi connectivity index (χ1) is 11.0. The lowest BCUT2D eigenvalue weighted by atomic mass is 10.1. The first kappa shape index (κ1) is 14.9.